The second-order valence-corrected chi connectivity index (χ2v) is 4.85. The highest BCUT2D eigenvalue weighted by atomic mass is 79.9. The number of nitrogens with one attached hydrogen (secondary N) is 1. The van der Waals surface area contributed by atoms with Gasteiger partial charge in [0, 0.05) is 12.7 Å². The SMILES string of the molecule is Cc1ccnc(NCc2ccsc2)c1Br. The predicted molar refractivity (Wildman–Crippen MR) is 68.3 cm³/mol. The fourth-order valence-electron chi connectivity index (χ4n) is 1.24. The second kappa shape index (κ2) is 4.77. The molecule has 4 heteroatoms. The highest BCUT2D eigenvalue weighted by Crippen LogP contribution is 2.23. The van der Waals surface area contributed by atoms with Crippen molar-refractivity contribution in [1.82, 2.24) is 4.98 Å². The molecule has 2 heterocycles. The van der Waals surface area contributed by atoms with Crippen LogP contribution in [0, 0.1) is 6.92 Å². The monoisotopic (exact) mass is 282 g/mol. The summed E-state index contributed by atoms with van der Waals surface area (Å²) in [5.41, 5.74) is 2.48. The summed E-state index contributed by atoms with van der Waals surface area (Å²) >= 11 is 5.23. The Morgan fingerprint density at radius 3 is 3.07 bits per heavy atom. The molecule has 0 spiro atoms. The Kier molecular flexibility index (Phi) is 3.38. The van der Waals surface area contributed by atoms with Crippen LogP contribution in [0.15, 0.2) is 33.6 Å². The maximum atomic E-state index is 4.28. The maximum Gasteiger partial charge on any atom is 0.140 e. The first kappa shape index (κ1) is 10.6. The number of hydrogen-bond acceptors (Lipinski definition) is 3. The first-order valence-corrected chi connectivity index (χ1v) is 6.37. The molecule has 0 aromatic carbocycles. The number of anilines is 1. The topological polar surface area (TPSA) is 24.9 Å². The summed E-state index contributed by atoms with van der Waals surface area (Å²) in [6.45, 7) is 2.88. The lowest BCUT2D eigenvalue weighted by Gasteiger charge is -2.07. The Labute approximate surface area is 101 Å². The zero-order valence-corrected chi connectivity index (χ0v) is 10.7. The molecule has 0 unspecified atom stereocenters. The number of pyridine rings is 1. The smallest absolute Gasteiger partial charge is 0.140 e. The highest BCUT2D eigenvalue weighted by Gasteiger charge is 2.03. The molecular formula is C11H11BrN2S. The number of thiophene rings is 1. The summed E-state index contributed by atoms with van der Waals surface area (Å²) in [7, 11) is 0. The maximum absolute atomic E-state index is 4.28. The molecule has 0 bridgehead atoms. The van der Waals surface area contributed by atoms with E-state index in [1.54, 1.807) is 11.3 Å². The van der Waals surface area contributed by atoms with E-state index in [1.807, 2.05) is 12.3 Å². The first-order chi connectivity index (χ1) is 7.27. The summed E-state index contributed by atoms with van der Waals surface area (Å²) < 4.78 is 1.04. The molecule has 0 amide bonds. The van der Waals surface area contributed by atoms with Crippen LogP contribution in [0.3, 0.4) is 0 Å². The first-order valence-electron chi connectivity index (χ1n) is 4.63. The van der Waals surface area contributed by atoms with Gasteiger partial charge < -0.3 is 5.32 Å². The molecule has 0 saturated carbocycles. The quantitative estimate of drug-likeness (QED) is 0.926. The Balaban J connectivity index is 2.08. The Morgan fingerprint density at radius 1 is 1.47 bits per heavy atom. The van der Waals surface area contributed by atoms with Crippen LogP contribution < -0.4 is 5.32 Å². The van der Waals surface area contributed by atoms with Crippen molar-refractivity contribution in [3.8, 4) is 0 Å². The van der Waals surface area contributed by atoms with Crippen LogP contribution in [0.25, 0.3) is 0 Å². The van der Waals surface area contributed by atoms with E-state index < -0.39 is 0 Å². The van der Waals surface area contributed by atoms with Crippen molar-refractivity contribution in [2.75, 3.05) is 5.32 Å². The van der Waals surface area contributed by atoms with Crippen molar-refractivity contribution in [2.45, 2.75) is 13.5 Å². The van der Waals surface area contributed by atoms with Crippen molar-refractivity contribution in [2.24, 2.45) is 0 Å². The number of halogens is 1. The molecule has 0 atom stereocenters. The number of aryl methyl sites for hydroxylation is 1. The summed E-state index contributed by atoms with van der Waals surface area (Å²) in [6, 6.07) is 4.10. The number of rotatable bonds is 3. The van der Waals surface area contributed by atoms with Crippen LogP contribution in [0.1, 0.15) is 11.1 Å². The van der Waals surface area contributed by atoms with E-state index in [-0.39, 0.29) is 0 Å². The van der Waals surface area contributed by atoms with E-state index in [0.717, 1.165) is 16.8 Å². The molecule has 2 rings (SSSR count). The minimum Gasteiger partial charge on any atom is -0.365 e. The zero-order valence-electron chi connectivity index (χ0n) is 8.33. The van der Waals surface area contributed by atoms with Crippen molar-refractivity contribution in [3.05, 3.63) is 44.7 Å². The van der Waals surface area contributed by atoms with Crippen molar-refractivity contribution in [1.29, 1.82) is 0 Å². The van der Waals surface area contributed by atoms with Crippen molar-refractivity contribution < 1.29 is 0 Å². The molecular weight excluding hydrogens is 272 g/mol. The van der Waals surface area contributed by atoms with Crippen LogP contribution in [-0.2, 0) is 6.54 Å². The molecule has 15 heavy (non-hydrogen) atoms. The van der Waals surface area contributed by atoms with Gasteiger partial charge >= 0.3 is 0 Å². The van der Waals surface area contributed by atoms with Gasteiger partial charge in [-0.25, -0.2) is 4.98 Å². The van der Waals surface area contributed by atoms with Gasteiger partial charge in [0.2, 0.25) is 0 Å². The van der Waals surface area contributed by atoms with Gasteiger partial charge in [-0.15, -0.1) is 0 Å². The molecule has 2 aromatic rings. The van der Waals surface area contributed by atoms with E-state index in [1.165, 1.54) is 11.1 Å². The summed E-state index contributed by atoms with van der Waals surface area (Å²) in [6.07, 6.45) is 1.82. The number of nitrogens with zero attached hydrogens (tertiary/aromatic N) is 1. The second-order valence-electron chi connectivity index (χ2n) is 3.28. The number of aromatic nitrogens is 1. The molecule has 0 radical (unpaired) electrons. The van der Waals surface area contributed by atoms with E-state index >= 15 is 0 Å². The lowest BCUT2D eigenvalue weighted by Crippen LogP contribution is -2.01. The third-order valence-corrected chi connectivity index (χ3v) is 3.86. The Hall–Kier alpha value is -0.870. The third kappa shape index (κ3) is 2.58. The lowest BCUT2D eigenvalue weighted by atomic mass is 10.3. The van der Waals surface area contributed by atoms with E-state index in [4.69, 9.17) is 0 Å². The van der Waals surface area contributed by atoms with Crippen molar-refractivity contribution in [3.63, 3.8) is 0 Å². The van der Waals surface area contributed by atoms with Gasteiger partial charge in [-0.1, -0.05) is 0 Å². The molecule has 0 aliphatic rings. The minimum absolute atomic E-state index is 0.818. The summed E-state index contributed by atoms with van der Waals surface area (Å²) in [4.78, 5) is 4.28. The Morgan fingerprint density at radius 2 is 2.33 bits per heavy atom. The molecule has 0 aliphatic heterocycles. The average molecular weight is 283 g/mol. The Bertz CT molecular complexity index is 440. The van der Waals surface area contributed by atoms with E-state index in [0.29, 0.717) is 0 Å². The standard InChI is InChI=1S/C11H11BrN2S/c1-8-2-4-13-11(10(8)12)14-6-9-3-5-15-7-9/h2-5,7H,6H2,1H3,(H,13,14). The number of hydrogen-bond donors (Lipinski definition) is 1. The van der Waals surface area contributed by atoms with Gasteiger partial charge in [-0.3, -0.25) is 0 Å². The fraction of sp³-hybridized carbons (Fsp3) is 0.182. The van der Waals surface area contributed by atoms with Gasteiger partial charge in [0.25, 0.3) is 0 Å². The van der Waals surface area contributed by atoms with Crippen molar-refractivity contribution >= 4 is 33.1 Å². The van der Waals surface area contributed by atoms with Crippen LogP contribution in [0.5, 0.6) is 0 Å². The molecule has 0 fully saturated rings. The highest BCUT2D eigenvalue weighted by molar-refractivity contribution is 9.10. The van der Waals surface area contributed by atoms with E-state index in [9.17, 15) is 0 Å². The summed E-state index contributed by atoms with van der Waals surface area (Å²) in [5.74, 6) is 0.904. The van der Waals surface area contributed by atoms with E-state index in [2.05, 4.69) is 50.0 Å². The largest absolute Gasteiger partial charge is 0.365 e. The fourth-order valence-corrected chi connectivity index (χ4v) is 2.29. The zero-order chi connectivity index (χ0) is 10.7. The normalized spacial score (nSPS) is 10.3. The molecule has 1 N–H and O–H groups in total. The van der Waals surface area contributed by atoms with Crippen LogP contribution in [-0.4, -0.2) is 4.98 Å². The van der Waals surface area contributed by atoms with Gasteiger partial charge in [-0.05, 0) is 56.9 Å². The minimum atomic E-state index is 0.818. The average Bonchev–Trinajstić information content (AvgIpc) is 2.73. The molecule has 2 nitrogen and oxygen atoms in total. The third-order valence-electron chi connectivity index (χ3n) is 2.12. The molecule has 0 saturated heterocycles. The van der Waals surface area contributed by atoms with Gasteiger partial charge in [0.1, 0.15) is 5.82 Å². The van der Waals surface area contributed by atoms with Gasteiger partial charge in [0.05, 0.1) is 4.47 Å². The van der Waals surface area contributed by atoms with Crippen LogP contribution in [0.2, 0.25) is 0 Å². The van der Waals surface area contributed by atoms with Gasteiger partial charge in [0.15, 0.2) is 0 Å². The van der Waals surface area contributed by atoms with Gasteiger partial charge in [-0.2, -0.15) is 11.3 Å². The lowest BCUT2D eigenvalue weighted by molar-refractivity contribution is 1.11. The van der Waals surface area contributed by atoms with Crippen LogP contribution >= 0.6 is 27.3 Å². The summed E-state index contributed by atoms with van der Waals surface area (Å²) in [5, 5.41) is 7.52. The molecule has 2 aromatic heterocycles. The molecule has 78 valence electrons. The predicted octanol–water partition coefficient (Wildman–Crippen LogP) is 3.83. The molecule has 0 aliphatic carbocycles. The van der Waals surface area contributed by atoms with Crippen LogP contribution in [0.4, 0.5) is 5.82 Å².